The van der Waals surface area contributed by atoms with Crippen molar-refractivity contribution in [1.82, 2.24) is 4.90 Å². The topological polar surface area (TPSA) is 55.3 Å². The molecule has 0 radical (unpaired) electrons. The average Bonchev–Trinajstić information content (AvgIpc) is 1.65. The molecule has 3 nitrogen and oxygen atoms in total. The van der Waals surface area contributed by atoms with Gasteiger partial charge in [0.2, 0.25) is 0 Å². The summed E-state index contributed by atoms with van der Waals surface area (Å²) in [7, 11) is 3.66. The molecule has 0 aromatic rings. The van der Waals surface area contributed by atoms with E-state index in [9.17, 15) is 0 Å². The molecule has 0 aromatic carbocycles. The van der Waals surface area contributed by atoms with Crippen molar-refractivity contribution < 1.29 is 0 Å². The van der Waals surface area contributed by atoms with Gasteiger partial charge in [-0.3, -0.25) is 0 Å². The van der Waals surface area contributed by atoms with E-state index in [1.807, 2.05) is 14.1 Å². The summed E-state index contributed by atoms with van der Waals surface area (Å²) in [5.74, 6) is 0.583. The lowest BCUT2D eigenvalue weighted by molar-refractivity contribution is 0.504. The van der Waals surface area contributed by atoms with Crippen LogP contribution in [0.5, 0.6) is 0 Å². The Hall–Kier alpha value is -0.860. The molecule has 0 spiro atoms. The molecule has 7 heavy (non-hydrogen) atoms. The lowest BCUT2D eigenvalue weighted by Crippen LogP contribution is -2.19. The summed E-state index contributed by atoms with van der Waals surface area (Å²) in [4.78, 5) is 1.74. The van der Waals surface area contributed by atoms with Crippen molar-refractivity contribution in [3.05, 3.63) is 12.0 Å². The summed E-state index contributed by atoms with van der Waals surface area (Å²) in [5, 5.41) is 0. The Kier molecular flexibility index (Phi) is 2.05. The molecule has 0 amide bonds. The summed E-state index contributed by atoms with van der Waals surface area (Å²) in [5.41, 5.74) is 10.3. The van der Waals surface area contributed by atoms with Crippen molar-refractivity contribution in [1.29, 1.82) is 0 Å². The molecule has 0 atom stereocenters. The smallest absolute Gasteiger partial charge is 0.114 e. The van der Waals surface area contributed by atoms with E-state index in [0.29, 0.717) is 5.82 Å². The largest absolute Gasteiger partial charge is 0.402 e. The first-order valence-electron chi connectivity index (χ1n) is 2.03. The zero-order valence-electron chi connectivity index (χ0n) is 4.68. The Balaban J connectivity index is 3.56. The van der Waals surface area contributed by atoms with Crippen LogP contribution >= 0.6 is 0 Å². The van der Waals surface area contributed by atoms with E-state index < -0.39 is 0 Å². The second-order valence-corrected chi connectivity index (χ2v) is 1.49. The highest BCUT2D eigenvalue weighted by atomic mass is 15.1. The molecule has 42 valence electrons. The molecule has 3 heteroatoms. The van der Waals surface area contributed by atoms with Crippen LogP contribution in [0, 0.1) is 0 Å². The van der Waals surface area contributed by atoms with Gasteiger partial charge in [0.05, 0.1) is 0 Å². The van der Waals surface area contributed by atoms with Gasteiger partial charge < -0.3 is 16.4 Å². The molecule has 0 rings (SSSR count). The maximum atomic E-state index is 5.28. The number of nitrogens with two attached hydrogens (primary N) is 2. The van der Waals surface area contributed by atoms with Crippen molar-refractivity contribution in [2.75, 3.05) is 14.1 Å². The molecular formula is C4H11N3. The van der Waals surface area contributed by atoms with Gasteiger partial charge in [-0.1, -0.05) is 0 Å². The first-order valence-corrected chi connectivity index (χ1v) is 2.03. The fraction of sp³-hybridized carbons (Fsp3) is 0.500. The van der Waals surface area contributed by atoms with Crippen LogP contribution in [0.1, 0.15) is 0 Å². The second-order valence-electron chi connectivity index (χ2n) is 1.49. The van der Waals surface area contributed by atoms with Gasteiger partial charge in [-0.2, -0.15) is 0 Å². The number of nitrogens with zero attached hydrogens (tertiary/aromatic N) is 1. The van der Waals surface area contributed by atoms with Gasteiger partial charge in [0.15, 0.2) is 0 Å². The van der Waals surface area contributed by atoms with E-state index in [0.717, 1.165) is 0 Å². The Morgan fingerprint density at radius 1 is 1.57 bits per heavy atom. The van der Waals surface area contributed by atoms with Gasteiger partial charge in [-0.05, 0) is 0 Å². The van der Waals surface area contributed by atoms with Crippen molar-refractivity contribution in [3.63, 3.8) is 0 Å². The predicted molar refractivity (Wildman–Crippen MR) is 30.1 cm³/mol. The van der Waals surface area contributed by atoms with Gasteiger partial charge in [0.1, 0.15) is 5.82 Å². The zero-order chi connectivity index (χ0) is 5.86. The second kappa shape index (κ2) is 2.34. The molecule has 0 fully saturated rings. The van der Waals surface area contributed by atoms with Gasteiger partial charge >= 0.3 is 0 Å². The third-order valence-corrected chi connectivity index (χ3v) is 0.687. The van der Waals surface area contributed by atoms with Crippen molar-refractivity contribution in [2.45, 2.75) is 0 Å². The molecule has 0 unspecified atom stereocenters. The lowest BCUT2D eigenvalue weighted by atomic mass is 10.7. The summed E-state index contributed by atoms with van der Waals surface area (Å²) in [6.45, 7) is 0. The minimum absolute atomic E-state index is 0.583. The van der Waals surface area contributed by atoms with Crippen LogP contribution in [0.15, 0.2) is 12.0 Å². The lowest BCUT2D eigenvalue weighted by Gasteiger charge is -2.09. The van der Waals surface area contributed by atoms with Crippen molar-refractivity contribution in [3.8, 4) is 0 Å². The van der Waals surface area contributed by atoms with Crippen LogP contribution in [0.2, 0.25) is 0 Å². The van der Waals surface area contributed by atoms with Crippen LogP contribution in [-0.2, 0) is 0 Å². The number of rotatable bonds is 1. The maximum absolute atomic E-state index is 5.28. The Labute approximate surface area is 43.6 Å². The quantitative estimate of drug-likeness (QED) is 0.457. The van der Waals surface area contributed by atoms with E-state index in [4.69, 9.17) is 11.5 Å². The van der Waals surface area contributed by atoms with E-state index in [1.54, 1.807) is 4.90 Å². The fourth-order valence-corrected chi connectivity index (χ4v) is 0.149. The number of hydrogen-bond donors (Lipinski definition) is 2. The predicted octanol–water partition coefficient (Wildman–Crippen LogP) is -0.736. The minimum atomic E-state index is 0.583. The molecule has 0 aliphatic carbocycles. The molecule has 0 saturated heterocycles. The fourth-order valence-electron chi connectivity index (χ4n) is 0.149. The average molecular weight is 101 g/mol. The normalized spacial score (nSPS) is 11.4. The van der Waals surface area contributed by atoms with E-state index in [-0.39, 0.29) is 0 Å². The van der Waals surface area contributed by atoms with Crippen LogP contribution in [0.25, 0.3) is 0 Å². The maximum Gasteiger partial charge on any atom is 0.114 e. The van der Waals surface area contributed by atoms with Gasteiger partial charge in [0.25, 0.3) is 0 Å². The molecule has 0 heterocycles. The van der Waals surface area contributed by atoms with Crippen molar-refractivity contribution in [2.24, 2.45) is 11.5 Å². The van der Waals surface area contributed by atoms with Crippen LogP contribution < -0.4 is 11.5 Å². The van der Waals surface area contributed by atoms with Crippen molar-refractivity contribution >= 4 is 0 Å². The van der Waals surface area contributed by atoms with E-state index in [2.05, 4.69) is 0 Å². The SMILES string of the molecule is CN(C)/C(N)=C/N. The van der Waals surface area contributed by atoms with E-state index in [1.165, 1.54) is 6.20 Å². The molecule has 0 bridgehead atoms. The third kappa shape index (κ3) is 1.92. The van der Waals surface area contributed by atoms with E-state index >= 15 is 0 Å². The molecule has 0 aromatic heterocycles. The highest BCUT2D eigenvalue weighted by Gasteiger charge is 1.84. The molecule has 0 aliphatic rings. The molecule has 0 saturated carbocycles. The highest BCUT2D eigenvalue weighted by molar-refractivity contribution is 4.88. The Bertz CT molecular complexity index is 75.0. The molecule has 4 N–H and O–H groups in total. The third-order valence-electron chi connectivity index (χ3n) is 0.687. The summed E-state index contributed by atoms with van der Waals surface area (Å²) >= 11 is 0. The van der Waals surface area contributed by atoms with Crippen LogP contribution in [0.4, 0.5) is 0 Å². The zero-order valence-corrected chi connectivity index (χ0v) is 4.68. The molecular weight excluding hydrogens is 90.1 g/mol. The van der Waals surface area contributed by atoms with Gasteiger partial charge in [-0.15, -0.1) is 0 Å². The van der Waals surface area contributed by atoms with Crippen LogP contribution in [0.3, 0.4) is 0 Å². The highest BCUT2D eigenvalue weighted by Crippen LogP contribution is 1.80. The first kappa shape index (κ1) is 6.14. The summed E-state index contributed by atoms with van der Waals surface area (Å²) < 4.78 is 0. The minimum Gasteiger partial charge on any atom is -0.402 e. The van der Waals surface area contributed by atoms with Crippen LogP contribution in [-0.4, -0.2) is 19.0 Å². The monoisotopic (exact) mass is 101 g/mol. The standard InChI is InChI=1S/C4H11N3/c1-7(2)4(6)3-5/h3H,5-6H2,1-2H3/b4-3+. The van der Waals surface area contributed by atoms with Gasteiger partial charge in [0, 0.05) is 20.3 Å². The van der Waals surface area contributed by atoms with Gasteiger partial charge in [-0.25, -0.2) is 0 Å². The Morgan fingerprint density at radius 3 is 2.00 bits per heavy atom. The summed E-state index contributed by atoms with van der Waals surface area (Å²) in [6, 6.07) is 0. The first-order chi connectivity index (χ1) is 3.18. The Morgan fingerprint density at radius 2 is 2.00 bits per heavy atom. The molecule has 0 aliphatic heterocycles. The number of hydrogen-bond acceptors (Lipinski definition) is 3. The summed E-state index contributed by atoms with van der Waals surface area (Å²) in [6.07, 6.45) is 1.36.